The van der Waals surface area contributed by atoms with Crippen LogP contribution in [0, 0.1) is 0 Å². The fourth-order valence-electron chi connectivity index (χ4n) is 3.76. The van der Waals surface area contributed by atoms with Crippen molar-refractivity contribution in [2.75, 3.05) is 12.3 Å². The Kier molecular flexibility index (Phi) is 4.40. The minimum Gasteiger partial charge on any atom is -0.375 e. The molecule has 6 nitrogen and oxygen atoms in total. The smallest absolute Gasteiger partial charge is 0.254 e. The summed E-state index contributed by atoms with van der Waals surface area (Å²) in [6.45, 7) is 5.70. The molecular formula is C19H23N5OS. The lowest BCUT2D eigenvalue weighted by Crippen LogP contribution is -2.36. The summed E-state index contributed by atoms with van der Waals surface area (Å²) in [5.41, 5.74) is 10.7. The Morgan fingerprint density at radius 2 is 2.19 bits per heavy atom. The highest BCUT2D eigenvalue weighted by atomic mass is 32.1. The number of nitrogens with zero attached hydrogens (tertiary/aromatic N) is 3. The lowest BCUT2D eigenvalue weighted by molar-refractivity contribution is 0.0734. The molecule has 3 aromatic rings. The number of fused-ring (bicyclic) bond motifs is 2. The van der Waals surface area contributed by atoms with E-state index in [1.807, 2.05) is 23.1 Å². The van der Waals surface area contributed by atoms with Crippen LogP contribution in [-0.2, 0) is 13.0 Å². The van der Waals surface area contributed by atoms with E-state index in [2.05, 4.69) is 29.0 Å². The molecule has 1 aromatic carbocycles. The van der Waals surface area contributed by atoms with Gasteiger partial charge in [-0.05, 0) is 31.0 Å². The summed E-state index contributed by atoms with van der Waals surface area (Å²) in [5, 5.41) is 8.28. The summed E-state index contributed by atoms with van der Waals surface area (Å²) >= 11 is 1.44. The molecule has 0 bridgehead atoms. The van der Waals surface area contributed by atoms with Gasteiger partial charge in [0, 0.05) is 42.2 Å². The van der Waals surface area contributed by atoms with Gasteiger partial charge >= 0.3 is 0 Å². The fourth-order valence-corrected chi connectivity index (χ4v) is 4.48. The van der Waals surface area contributed by atoms with Gasteiger partial charge in [0.15, 0.2) is 5.13 Å². The van der Waals surface area contributed by atoms with Crippen molar-refractivity contribution in [1.82, 2.24) is 20.1 Å². The molecule has 2 aromatic heterocycles. The zero-order valence-corrected chi connectivity index (χ0v) is 15.9. The van der Waals surface area contributed by atoms with Crippen LogP contribution in [0.2, 0.25) is 0 Å². The van der Waals surface area contributed by atoms with Gasteiger partial charge in [-0.3, -0.25) is 9.89 Å². The number of anilines is 1. The third-order valence-electron chi connectivity index (χ3n) is 5.28. The lowest BCUT2D eigenvalue weighted by Gasteiger charge is -2.28. The summed E-state index contributed by atoms with van der Waals surface area (Å²) in [6, 6.07) is 5.64. The average Bonchev–Trinajstić information content (AvgIpc) is 3.23. The van der Waals surface area contributed by atoms with Gasteiger partial charge < -0.3 is 10.6 Å². The van der Waals surface area contributed by atoms with E-state index in [4.69, 9.17) is 5.73 Å². The molecule has 0 spiro atoms. The van der Waals surface area contributed by atoms with Crippen LogP contribution in [0.4, 0.5) is 5.13 Å². The van der Waals surface area contributed by atoms with Crippen molar-refractivity contribution in [3.8, 4) is 0 Å². The van der Waals surface area contributed by atoms with Gasteiger partial charge in [0.05, 0.1) is 15.9 Å². The van der Waals surface area contributed by atoms with Gasteiger partial charge in [-0.15, -0.1) is 0 Å². The Labute approximate surface area is 156 Å². The maximum absolute atomic E-state index is 13.0. The van der Waals surface area contributed by atoms with Crippen LogP contribution in [0.3, 0.4) is 0 Å². The molecule has 0 saturated carbocycles. The van der Waals surface area contributed by atoms with E-state index < -0.39 is 0 Å². The van der Waals surface area contributed by atoms with Gasteiger partial charge in [0.1, 0.15) is 0 Å². The lowest BCUT2D eigenvalue weighted by atomic mass is 9.93. The topological polar surface area (TPSA) is 87.9 Å². The number of H-pyrrole nitrogens is 1. The zero-order valence-electron chi connectivity index (χ0n) is 15.1. The highest BCUT2D eigenvalue weighted by Gasteiger charge is 2.28. The third kappa shape index (κ3) is 2.86. The molecule has 0 unspecified atom stereocenters. The zero-order chi connectivity index (χ0) is 18.3. The molecule has 1 aliphatic rings. The monoisotopic (exact) mass is 369 g/mol. The van der Waals surface area contributed by atoms with Gasteiger partial charge in [0.2, 0.25) is 0 Å². The second-order valence-corrected chi connectivity index (χ2v) is 7.85. The Balaban J connectivity index is 1.61. The number of nitrogens with one attached hydrogen (secondary N) is 1. The van der Waals surface area contributed by atoms with Gasteiger partial charge in [-0.1, -0.05) is 25.2 Å². The minimum absolute atomic E-state index is 0.0424. The molecule has 0 radical (unpaired) electrons. The van der Waals surface area contributed by atoms with Crippen molar-refractivity contribution in [2.45, 2.75) is 45.6 Å². The van der Waals surface area contributed by atoms with E-state index in [1.54, 1.807) is 0 Å². The SMILES string of the molecule is CCC(CC)c1n[nH]c2c1CN(C(=O)c1ccc3sc(N)nc3c1)CC2. The average molecular weight is 369 g/mol. The fraction of sp³-hybridized carbons (Fsp3) is 0.421. The van der Waals surface area contributed by atoms with E-state index in [-0.39, 0.29) is 5.91 Å². The molecule has 26 heavy (non-hydrogen) atoms. The third-order valence-corrected chi connectivity index (χ3v) is 6.14. The maximum Gasteiger partial charge on any atom is 0.254 e. The standard InChI is InChI=1S/C19H23N5OS/c1-3-11(4-2)17-13-10-24(8-7-14(13)22-23-17)18(25)12-5-6-16-15(9-12)21-19(20)26-16/h5-6,9,11H,3-4,7-8,10H2,1-2H3,(H2,20,21)(H,22,23). The van der Waals surface area contributed by atoms with Gasteiger partial charge in [-0.25, -0.2) is 4.98 Å². The second-order valence-electron chi connectivity index (χ2n) is 6.79. The van der Waals surface area contributed by atoms with Crippen LogP contribution in [0.5, 0.6) is 0 Å². The van der Waals surface area contributed by atoms with Crippen LogP contribution in [0.15, 0.2) is 18.2 Å². The van der Waals surface area contributed by atoms with Crippen LogP contribution >= 0.6 is 11.3 Å². The maximum atomic E-state index is 13.0. The summed E-state index contributed by atoms with van der Waals surface area (Å²) < 4.78 is 1.01. The Morgan fingerprint density at radius 3 is 2.96 bits per heavy atom. The summed E-state index contributed by atoms with van der Waals surface area (Å²) in [5.74, 6) is 0.486. The molecule has 1 aliphatic heterocycles. The number of thiazole rings is 1. The predicted octanol–water partition coefficient (Wildman–Crippen LogP) is 3.70. The predicted molar refractivity (Wildman–Crippen MR) is 104 cm³/mol. The summed E-state index contributed by atoms with van der Waals surface area (Å²) in [4.78, 5) is 19.3. The van der Waals surface area contributed by atoms with Crippen molar-refractivity contribution in [3.63, 3.8) is 0 Å². The number of rotatable bonds is 4. The number of aromatic amines is 1. The van der Waals surface area contributed by atoms with E-state index in [1.165, 1.54) is 22.6 Å². The number of hydrogen-bond donors (Lipinski definition) is 2. The highest BCUT2D eigenvalue weighted by molar-refractivity contribution is 7.22. The van der Waals surface area contributed by atoms with Crippen LogP contribution in [-0.4, -0.2) is 32.5 Å². The quantitative estimate of drug-likeness (QED) is 0.734. The second kappa shape index (κ2) is 6.72. The minimum atomic E-state index is 0.0424. The first-order chi connectivity index (χ1) is 12.6. The first-order valence-electron chi connectivity index (χ1n) is 9.12. The highest BCUT2D eigenvalue weighted by Crippen LogP contribution is 2.31. The molecule has 136 valence electrons. The summed E-state index contributed by atoms with van der Waals surface area (Å²) in [7, 11) is 0. The Bertz CT molecular complexity index is 956. The number of carbonyl (C=O) groups is 1. The van der Waals surface area contributed by atoms with E-state index in [0.29, 0.717) is 29.7 Å². The van der Waals surface area contributed by atoms with Crippen molar-refractivity contribution >= 4 is 32.6 Å². The molecule has 3 heterocycles. The van der Waals surface area contributed by atoms with Crippen LogP contribution in [0.25, 0.3) is 10.2 Å². The number of nitrogens with two attached hydrogens (primary N) is 1. The van der Waals surface area contributed by atoms with E-state index in [0.717, 1.165) is 35.2 Å². The number of benzene rings is 1. The first kappa shape index (κ1) is 17.0. The van der Waals surface area contributed by atoms with E-state index in [9.17, 15) is 4.79 Å². The van der Waals surface area contributed by atoms with E-state index >= 15 is 0 Å². The molecular weight excluding hydrogens is 346 g/mol. The first-order valence-corrected chi connectivity index (χ1v) is 9.93. The summed E-state index contributed by atoms with van der Waals surface area (Å²) in [6.07, 6.45) is 2.94. The van der Waals surface area contributed by atoms with Crippen LogP contribution < -0.4 is 5.73 Å². The van der Waals surface area contributed by atoms with Gasteiger partial charge in [0.25, 0.3) is 5.91 Å². The normalized spacial score (nSPS) is 14.2. The van der Waals surface area contributed by atoms with Crippen molar-refractivity contribution in [3.05, 3.63) is 40.7 Å². The molecule has 3 N–H and O–H groups in total. The molecule has 1 amide bonds. The molecule has 0 fully saturated rings. The number of amides is 1. The van der Waals surface area contributed by atoms with Crippen LogP contribution in [0.1, 0.15) is 59.9 Å². The Hall–Kier alpha value is -2.41. The molecule has 4 rings (SSSR count). The van der Waals surface area contributed by atoms with Crippen molar-refractivity contribution < 1.29 is 4.79 Å². The number of carbonyl (C=O) groups excluding carboxylic acids is 1. The molecule has 0 aliphatic carbocycles. The van der Waals surface area contributed by atoms with Gasteiger partial charge in [-0.2, -0.15) is 5.10 Å². The largest absolute Gasteiger partial charge is 0.375 e. The molecule has 0 atom stereocenters. The molecule has 0 saturated heterocycles. The Morgan fingerprint density at radius 1 is 1.38 bits per heavy atom. The number of aromatic nitrogens is 3. The number of hydrogen-bond acceptors (Lipinski definition) is 5. The molecule has 7 heteroatoms. The van der Waals surface area contributed by atoms with Crippen molar-refractivity contribution in [2.24, 2.45) is 0 Å². The number of nitrogen functional groups attached to an aromatic ring is 1. The van der Waals surface area contributed by atoms with Crippen molar-refractivity contribution in [1.29, 1.82) is 0 Å².